The quantitative estimate of drug-likeness (QED) is 0.487. The molecule has 0 radical (unpaired) electrons. The lowest BCUT2D eigenvalue weighted by Gasteiger charge is -2.37. The van der Waals surface area contributed by atoms with Gasteiger partial charge in [-0.1, -0.05) is 0 Å². The number of carboxylic acids is 1. The van der Waals surface area contributed by atoms with Crippen molar-refractivity contribution in [2.24, 2.45) is 5.92 Å². The van der Waals surface area contributed by atoms with Gasteiger partial charge in [0.25, 0.3) is 5.56 Å². The number of carbonyl (C=O) groups is 1. The van der Waals surface area contributed by atoms with Gasteiger partial charge in [-0.15, -0.1) is 0 Å². The van der Waals surface area contributed by atoms with E-state index in [1.807, 2.05) is 26.0 Å². The summed E-state index contributed by atoms with van der Waals surface area (Å²) >= 11 is 0. The molecule has 0 atom stereocenters. The Morgan fingerprint density at radius 1 is 1.15 bits per heavy atom. The molecular formula is C24H24F2N4O4. The molecule has 3 N–H and O–H groups in total. The average molecular weight is 470 g/mol. The second-order valence-corrected chi connectivity index (χ2v) is 8.44. The molecule has 1 aromatic heterocycles. The molecule has 0 saturated carbocycles. The van der Waals surface area contributed by atoms with Gasteiger partial charge in [-0.05, 0) is 48.7 Å². The summed E-state index contributed by atoms with van der Waals surface area (Å²) in [6.07, 6.45) is 2.87. The standard InChI is InChI=1S/C24H24F2N4O4/c1-13-5-17(6-14(2)18(13)11-29-9-16(10-29)24(33)34)30-4-3-27-22(23(30)32)28-21-8-19(25)15(12-31)7-20(21)26/h3-8,16,31H,9-12H2,1-2H3,(H,27,28)(H,33,34). The topological polar surface area (TPSA) is 108 Å². The fourth-order valence-corrected chi connectivity index (χ4v) is 4.07. The first-order chi connectivity index (χ1) is 16.2. The third-order valence-electron chi connectivity index (χ3n) is 6.05. The SMILES string of the molecule is Cc1cc(-n2ccnc(Nc3cc(F)c(CO)cc3F)c2=O)cc(C)c1CN1CC(C(=O)O)C1. The number of halogens is 2. The van der Waals surface area contributed by atoms with Crippen LogP contribution in [0.2, 0.25) is 0 Å². The van der Waals surface area contributed by atoms with E-state index in [1.54, 1.807) is 0 Å². The zero-order valence-corrected chi connectivity index (χ0v) is 18.7. The summed E-state index contributed by atoms with van der Waals surface area (Å²) in [6, 6.07) is 5.42. The third kappa shape index (κ3) is 4.55. The van der Waals surface area contributed by atoms with Crippen LogP contribution >= 0.6 is 0 Å². The highest BCUT2D eigenvalue weighted by molar-refractivity contribution is 5.71. The maximum absolute atomic E-state index is 14.3. The third-order valence-corrected chi connectivity index (χ3v) is 6.05. The monoisotopic (exact) mass is 470 g/mol. The van der Waals surface area contributed by atoms with Crippen LogP contribution in [0.5, 0.6) is 0 Å². The van der Waals surface area contributed by atoms with Crippen molar-refractivity contribution in [2.45, 2.75) is 27.0 Å². The van der Waals surface area contributed by atoms with E-state index in [1.165, 1.54) is 17.0 Å². The fourth-order valence-electron chi connectivity index (χ4n) is 4.07. The van der Waals surface area contributed by atoms with Crippen LogP contribution in [0.4, 0.5) is 20.3 Å². The van der Waals surface area contributed by atoms with E-state index in [0.717, 1.165) is 28.8 Å². The molecule has 1 saturated heterocycles. The van der Waals surface area contributed by atoms with Gasteiger partial charge in [0.15, 0.2) is 5.82 Å². The molecule has 2 aromatic carbocycles. The number of nitrogens with one attached hydrogen (secondary N) is 1. The Labute approximate surface area is 194 Å². The van der Waals surface area contributed by atoms with E-state index in [4.69, 9.17) is 10.2 Å². The summed E-state index contributed by atoms with van der Waals surface area (Å²) in [5.74, 6) is -2.93. The van der Waals surface area contributed by atoms with Crippen molar-refractivity contribution < 1.29 is 23.8 Å². The maximum Gasteiger partial charge on any atom is 0.309 e. The number of likely N-dealkylation sites (tertiary alicyclic amines) is 1. The van der Waals surface area contributed by atoms with E-state index in [2.05, 4.69) is 15.2 Å². The van der Waals surface area contributed by atoms with E-state index >= 15 is 0 Å². The van der Waals surface area contributed by atoms with Crippen LogP contribution in [0.1, 0.15) is 22.3 Å². The molecule has 3 aromatic rings. The van der Waals surface area contributed by atoms with Crippen LogP contribution in [-0.2, 0) is 17.9 Å². The number of aryl methyl sites for hydroxylation is 2. The molecule has 1 fully saturated rings. The number of aliphatic carboxylic acids is 1. The van der Waals surface area contributed by atoms with Crippen molar-refractivity contribution >= 4 is 17.5 Å². The normalized spacial score (nSPS) is 14.1. The van der Waals surface area contributed by atoms with Crippen molar-refractivity contribution in [3.63, 3.8) is 0 Å². The van der Waals surface area contributed by atoms with Gasteiger partial charge in [-0.3, -0.25) is 19.1 Å². The van der Waals surface area contributed by atoms with Crippen molar-refractivity contribution in [1.29, 1.82) is 0 Å². The minimum atomic E-state index is -0.825. The molecule has 1 aliphatic rings. The van der Waals surface area contributed by atoms with Gasteiger partial charge < -0.3 is 15.5 Å². The Balaban J connectivity index is 1.60. The lowest BCUT2D eigenvalue weighted by molar-refractivity contribution is -0.147. The summed E-state index contributed by atoms with van der Waals surface area (Å²) < 4.78 is 29.6. The highest BCUT2D eigenvalue weighted by atomic mass is 19.1. The van der Waals surface area contributed by atoms with Crippen LogP contribution < -0.4 is 10.9 Å². The molecule has 2 heterocycles. The first-order valence-electron chi connectivity index (χ1n) is 10.7. The number of aliphatic hydroxyl groups is 1. The van der Waals surface area contributed by atoms with E-state index in [0.29, 0.717) is 25.3 Å². The van der Waals surface area contributed by atoms with Crippen molar-refractivity contribution in [3.05, 3.63) is 80.9 Å². The van der Waals surface area contributed by atoms with Gasteiger partial charge in [-0.25, -0.2) is 13.8 Å². The highest BCUT2D eigenvalue weighted by Crippen LogP contribution is 2.25. The van der Waals surface area contributed by atoms with Gasteiger partial charge in [-0.2, -0.15) is 0 Å². The largest absolute Gasteiger partial charge is 0.481 e. The Hall–Kier alpha value is -3.63. The molecule has 0 aliphatic carbocycles. The van der Waals surface area contributed by atoms with Gasteiger partial charge in [0.05, 0.1) is 18.2 Å². The molecule has 0 amide bonds. The van der Waals surface area contributed by atoms with Crippen molar-refractivity contribution in [3.8, 4) is 5.69 Å². The van der Waals surface area contributed by atoms with Gasteiger partial charge in [0.1, 0.15) is 11.6 Å². The zero-order chi connectivity index (χ0) is 24.6. The number of aliphatic hydroxyl groups excluding tert-OH is 1. The number of hydrogen-bond acceptors (Lipinski definition) is 6. The van der Waals surface area contributed by atoms with Gasteiger partial charge in [0.2, 0.25) is 0 Å². The summed E-state index contributed by atoms with van der Waals surface area (Å²) in [5.41, 5.74) is 2.53. The molecule has 34 heavy (non-hydrogen) atoms. The van der Waals surface area contributed by atoms with Crippen LogP contribution in [0.3, 0.4) is 0 Å². The Morgan fingerprint density at radius 3 is 2.44 bits per heavy atom. The van der Waals surface area contributed by atoms with E-state index in [9.17, 15) is 18.4 Å². The first kappa shape index (κ1) is 23.5. The smallest absolute Gasteiger partial charge is 0.309 e. The second-order valence-electron chi connectivity index (χ2n) is 8.44. The van der Waals surface area contributed by atoms with Crippen LogP contribution in [0, 0.1) is 31.4 Å². The second kappa shape index (κ2) is 9.32. The van der Waals surface area contributed by atoms with E-state index in [-0.39, 0.29) is 23.0 Å². The van der Waals surface area contributed by atoms with Crippen LogP contribution in [0.25, 0.3) is 5.69 Å². The minimum Gasteiger partial charge on any atom is -0.481 e. The van der Waals surface area contributed by atoms with Gasteiger partial charge in [0, 0.05) is 49.3 Å². The molecule has 10 heteroatoms. The summed E-state index contributed by atoms with van der Waals surface area (Å²) in [5, 5.41) is 20.7. The Morgan fingerprint density at radius 2 is 1.82 bits per heavy atom. The molecule has 8 nitrogen and oxygen atoms in total. The number of rotatable bonds is 7. The highest BCUT2D eigenvalue weighted by Gasteiger charge is 2.32. The molecule has 1 aliphatic heterocycles. The number of nitrogens with zero attached hydrogens (tertiary/aromatic N) is 3. The van der Waals surface area contributed by atoms with Crippen molar-refractivity contribution in [2.75, 3.05) is 18.4 Å². The van der Waals surface area contributed by atoms with Crippen LogP contribution in [-0.4, -0.2) is 43.7 Å². The molecular weight excluding hydrogens is 446 g/mol. The zero-order valence-electron chi connectivity index (χ0n) is 18.7. The average Bonchev–Trinajstić information content (AvgIpc) is 2.75. The number of benzene rings is 2. The van der Waals surface area contributed by atoms with E-state index < -0.39 is 29.8 Å². The number of anilines is 2. The number of aromatic nitrogens is 2. The number of hydrogen-bond donors (Lipinski definition) is 3. The lowest BCUT2D eigenvalue weighted by atomic mass is 9.96. The van der Waals surface area contributed by atoms with Crippen molar-refractivity contribution in [1.82, 2.24) is 14.5 Å². The minimum absolute atomic E-state index is 0.183. The Bertz CT molecular complexity index is 1300. The summed E-state index contributed by atoms with van der Waals surface area (Å²) in [7, 11) is 0. The maximum atomic E-state index is 14.3. The van der Waals surface area contributed by atoms with Gasteiger partial charge >= 0.3 is 5.97 Å². The summed E-state index contributed by atoms with van der Waals surface area (Å²) in [4.78, 5) is 30.1. The Kier molecular flexibility index (Phi) is 6.45. The first-order valence-corrected chi connectivity index (χ1v) is 10.7. The predicted octanol–water partition coefficient (Wildman–Crippen LogP) is 2.88. The number of carboxylic acid groups (broad SMARTS) is 1. The fraction of sp³-hybridized carbons (Fsp3) is 0.292. The summed E-state index contributed by atoms with van der Waals surface area (Å²) in [6.45, 7) is 4.83. The molecule has 4 rings (SSSR count). The molecule has 178 valence electrons. The molecule has 0 spiro atoms. The molecule has 0 bridgehead atoms. The molecule has 0 unspecified atom stereocenters. The predicted molar refractivity (Wildman–Crippen MR) is 121 cm³/mol. The van der Waals surface area contributed by atoms with Crippen LogP contribution in [0.15, 0.2) is 41.5 Å². The lowest BCUT2D eigenvalue weighted by Crippen LogP contribution is -2.49.